The van der Waals surface area contributed by atoms with Crippen molar-refractivity contribution >= 4 is 55.8 Å². The first-order valence-corrected chi connectivity index (χ1v) is 13.9. The maximum Gasteiger partial charge on any atom is 0.0972 e. The van der Waals surface area contributed by atoms with Crippen LogP contribution in [-0.2, 0) is 0 Å². The zero-order valence-electron chi connectivity index (χ0n) is 23.3. The molecule has 0 saturated carbocycles. The van der Waals surface area contributed by atoms with E-state index in [1.807, 2.05) is 50.3 Å². The molecule has 0 aliphatic rings. The normalized spacial score (nSPS) is 12.1. The van der Waals surface area contributed by atoms with E-state index < -0.39 is 0 Å². The summed E-state index contributed by atoms with van der Waals surface area (Å²) in [4.78, 5) is 20.0. The Morgan fingerprint density at radius 3 is 1.41 bits per heavy atom. The van der Waals surface area contributed by atoms with E-state index in [2.05, 4.69) is 85.8 Å². The topological polar surface area (TPSA) is 51.6 Å². The van der Waals surface area contributed by atoms with Gasteiger partial charge in [-0.05, 0) is 68.8 Å². The van der Waals surface area contributed by atoms with Gasteiger partial charge in [0, 0.05) is 32.7 Å². The predicted octanol–water partition coefficient (Wildman–Crippen LogP) is 9.59. The van der Waals surface area contributed by atoms with E-state index in [4.69, 9.17) is 19.9 Å². The standard InChI is InChI=1S/C37H28N4/c1-4-6-29-17-12-24-8-10-26-15-20-32(40-36(26)34(24)38-29)28-14-19-31(23(3)22-28)33-21-16-27-11-9-25-13-18-30(7-5-2)39-35(25)37(27)41-33/h4-22H,1-3H3. The maximum atomic E-state index is 5.12. The molecule has 0 aliphatic carbocycles. The first-order chi connectivity index (χ1) is 20.1. The molecule has 0 spiro atoms. The van der Waals surface area contributed by atoms with Gasteiger partial charge in [0.05, 0.1) is 44.8 Å². The molecular weight excluding hydrogens is 500 g/mol. The Morgan fingerprint density at radius 2 is 0.902 bits per heavy atom. The van der Waals surface area contributed by atoms with Crippen molar-refractivity contribution in [2.24, 2.45) is 0 Å². The molecule has 7 aromatic rings. The van der Waals surface area contributed by atoms with Crippen molar-refractivity contribution < 1.29 is 0 Å². The zero-order chi connectivity index (χ0) is 27.9. The van der Waals surface area contributed by atoms with Crippen molar-refractivity contribution in [2.75, 3.05) is 0 Å². The van der Waals surface area contributed by atoms with Crippen LogP contribution in [0, 0.1) is 6.92 Å². The van der Waals surface area contributed by atoms with Gasteiger partial charge >= 0.3 is 0 Å². The molecule has 0 atom stereocenters. The Labute approximate surface area is 238 Å². The average Bonchev–Trinajstić information content (AvgIpc) is 3.00. The summed E-state index contributed by atoms with van der Waals surface area (Å²) in [6.07, 6.45) is 8.05. The van der Waals surface area contributed by atoms with Crippen molar-refractivity contribution in [1.82, 2.24) is 19.9 Å². The number of fused-ring (bicyclic) bond motifs is 6. The molecule has 0 N–H and O–H groups in total. The molecule has 4 nitrogen and oxygen atoms in total. The molecule has 4 aromatic heterocycles. The van der Waals surface area contributed by atoms with E-state index >= 15 is 0 Å². The summed E-state index contributed by atoms with van der Waals surface area (Å²) in [6.45, 7) is 6.15. The predicted molar refractivity (Wildman–Crippen MR) is 173 cm³/mol. The van der Waals surface area contributed by atoms with Gasteiger partial charge in [-0.15, -0.1) is 0 Å². The molecule has 0 unspecified atom stereocenters. The molecule has 0 bridgehead atoms. The van der Waals surface area contributed by atoms with Gasteiger partial charge in [0.1, 0.15) is 0 Å². The molecule has 0 fully saturated rings. The zero-order valence-corrected chi connectivity index (χ0v) is 23.3. The Kier molecular flexibility index (Phi) is 6.09. The number of aryl methyl sites for hydroxylation is 1. The number of pyridine rings is 4. The maximum absolute atomic E-state index is 5.12. The third-order valence-electron chi connectivity index (χ3n) is 7.56. The summed E-state index contributed by atoms with van der Waals surface area (Å²) < 4.78 is 0. The molecule has 0 saturated heterocycles. The van der Waals surface area contributed by atoms with Gasteiger partial charge in [-0.3, -0.25) is 0 Å². The Hall–Kier alpha value is -5.22. The van der Waals surface area contributed by atoms with Crippen molar-refractivity contribution in [3.8, 4) is 22.5 Å². The summed E-state index contributed by atoms with van der Waals surface area (Å²) in [5, 5.41) is 4.34. The first kappa shape index (κ1) is 24.8. The lowest BCUT2D eigenvalue weighted by molar-refractivity contribution is 1.32. The third kappa shape index (κ3) is 4.44. The minimum atomic E-state index is 0.918. The Bertz CT molecular complexity index is 2190. The molecule has 4 heteroatoms. The number of rotatable bonds is 4. The minimum absolute atomic E-state index is 0.918. The van der Waals surface area contributed by atoms with Gasteiger partial charge in [0.15, 0.2) is 0 Å². The van der Waals surface area contributed by atoms with E-state index in [-0.39, 0.29) is 0 Å². The van der Waals surface area contributed by atoms with Crippen LogP contribution in [0.4, 0.5) is 0 Å². The quantitative estimate of drug-likeness (QED) is 0.213. The average molecular weight is 529 g/mol. The minimum Gasteiger partial charge on any atom is -0.246 e. The van der Waals surface area contributed by atoms with Crippen molar-refractivity contribution in [2.45, 2.75) is 20.8 Å². The number of benzene rings is 3. The van der Waals surface area contributed by atoms with E-state index in [0.717, 1.165) is 83.1 Å². The molecule has 0 aliphatic heterocycles. The number of aromatic nitrogens is 4. The summed E-state index contributed by atoms with van der Waals surface area (Å²) in [6, 6.07) is 31.7. The summed E-state index contributed by atoms with van der Waals surface area (Å²) in [5.41, 5.74) is 10.7. The van der Waals surface area contributed by atoms with Gasteiger partial charge in [-0.2, -0.15) is 0 Å². The molecule has 0 radical (unpaired) electrons. The lowest BCUT2D eigenvalue weighted by atomic mass is 9.99. The molecule has 7 rings (SSSR count). The summed E-state index contributed by atoms with van der Waals surface area (Å²) in [7, 11) is 0. The van der Waals surface area contributed by atoms with Crippen LogP contribution in [-0.4, -0.2) is 19.9 Å². The van der Waals surface area contributed by atoms with Crippen LogP contribution in [0.5, 0.6) is 0 Å². The molecule has 3 aromatic carbocycles. The summed E-state index contributed by atoms with van der Waals surface area (Å²) in [5.74, 6) is 0. The van der Waals surface area contributed by atoms with Crippen LogP contribution in [0.15, 0.2) is 103 Å². The molecule has 0 amide bonds. The highest BCUT2D eigenvalue weighted by Gasteiger charge is 2.12. The van der Waals surface area contributed by atoms with Crippen LogP contribution < -0.4 is 0 Å². The largest absolute Gasteiger partial charge is 0.246 e. The molecule has 41 heavy (non-hydrogen) atoms. The van der Waals surface area contributed by atoms with Gasteiger partial charge < -0.3 is 0 Å². The second-order valence-corrected chi connectivity index (χ2v) is 10.3. The number of hydrogen-bond acceptors (Lipinski definition) is 4. The highest BCUT2D eigenvalue weighted by Crippen LogP contribution is 2.32. The van der Waals surface area contributed by atoms with Crippen molar-refractivity contribution in [3.05, 3.63) is 120 Å². The fraction of sp³-hybridized carbons (Fsp3) is 0.0811. The molecular formula is C37H28N4. The summed E-state index contributed by atoms with van der Waals surface area (Å²) >= 11 is 0. The molecule has 196 valence electrons. The van der Waals surface area contributed by atoms with Crippen molar-refractivity contribution in [1.29, 1.82) is 0 Å². The van der Waals surface area contributed by atoms with E-state index in [9.17, 15) is 0 Å². The lowest BCUT2D eigenvalue weighted by Crippen LogP contribution is -1.93. The van der Waals surface area contributed by atoms with Gasteiger partial charge in [0.2, 0.25) is 0 Å². The molecule has 4 heterocycles. The van der Waals surface area contributed by atoms with E-state index in [0.29, 0.717) is 0 Å². The lowest BCUT2D eigenvalue weighted by Gasteiger charge is -2.11. The first-order valence-electron chi connectivity index (χ1n) is 13.9. The van der Waals surface area contributed by atoms with Crippen LogP contribution in [0.25, 0.3) is 78.3 Å². The van der Waals surface area contributed by atoms with Crippen LogP contribution in [0.2, 0.25) is 0 Å². The van der Waals surface area contributed by atoms with Gasteiger partial charge in [-0.25, -0.2) is 19.9 Å². The fourth-order valence-electron chi connectivity index (χ4n) is 5.51. The highest BCUT2D eigenvalue weighted by molar-refractivity contribution is 6.05. The SMILES string of the molecule is CC=Cc1ccc2ccc3ccc(-c4ccc(-c5ccc6ccc7ccc(C=CC)nc7c6n5)c(C)c4)nc3c2n1. The monoisotopic (exact) mass is 528 g/mol. The van der Waals surface area contributed by atoms with E-state index in [1.165, 1.54) is 0 Å². The van der Waals surface area contributed by atoms with Crippen molar-refractivity contribution in [3.63, 3.8) is 0 Å². The second-order valence-electron chi connectivity index (χ2n) is 10.3. The van der Waals surface area contributed by atoms with Crippen LogP contribution in [0.3, 0.4) is 0 Å². The fourth-order valence-corrected chi connectivity index (χ4v) is 5.51. The highest BCUT2D eigenvalue weighted by atomic mass is 14.8. The smallest absolute Gasteiger partial charge is 0.0972 e. The third-order valence-corrected chi connectivity index (χ3v) is 7.56. The number of hydrogen-bond donors (Lipinski definition) is 0. The van der Waals surface area contributed by atoms with E-state index in [1.54, 1.807) is 0 Å². The van der Waals surface area contributed by atoms with Crippen LogP contribution >= 0.6 is 0 Å². The van der Waals surface area contributed by atoms with Gasteiger partial charge in [-0.1, -0.05) is 72.8 Å². The number of nitrogens with zero attached hydrogens (tertiary/aromatic N) is 4. The second kappa shape index (κ2) is 10.1. The number of allylic oxidation sites excluding steroid dienone is 2. The van der Waals surface area contributed by atoms with Crippen LogP contribution in [0.1, 0.15) is 30.8 Å². The Morgan fingerprint density at radius 1 is 0.463 bits per heavy atom. The van der Waals surface area contributed by atoms with Gasteiger partial charge in [0.25, 0.3) is 0 Å². The Balaban J connectivity index is 1.32.